The van der Waals surface area contributed by atoms with E-state index in [1.54, 1.807) is 25.7 Å². The molecule has 2 unspecified atom stereocenters. The molecule has 0 aromatic carbocycles. The Morgan fingerprint density at radius 3 is 1.48 bits per heavy atom. The zero-order valence-electron chi connectivity index (χ0n) is 15.4. The summed E-state index contributed by atoms with van der Waals surface area (Å²) < 4.78 is 1.55. The van der Waals surface area contributed by atoms with Crippen molar-refractivity contribution in [2.75, 3.05) is 0 Å². The van der Waals surface area contributed by atoms with Crippen molar-refractivity contribution >= 4 is 0 Å². The molecule has 0 saturated carbocycles. The molecule has 2 spiro atoms. The predicted molar refractivity (Wildman–Crippen MR) is 95.8 cm³/mol. The van der Waals surface area contributed by atoms with Gasteiger partial charge in [0.25, 0.3) is 0 Å². The number of hydrogen-bond acceptors (Lipinski definition) is 0. The number of hydrogen-bond donors (Lipinski definition) is 0. The Hall–Kier alpha value is 0.194. The second-order valence-electron chi connectivity index (χ2n) is 9.87. The average Bonchev–Trinajstić information content (AvgIpc) is 3.20. The summed E-state index contributed by atoms with van der Waals surface area (Å²) in [6.07, 6.45) is 21.2. The van der Waals surface area contributed by atoms with E-state index in [0.29, 0.717) is 0 Å². The van der Waals surface area contributed by atoms with Gasteiger partial charge < -0.3 is 0 Å². The van der Waals surface area contributed by atoms with Crippen molar-refractivity contribution in [2.24, 2.45) is 0 Å². The van der Waals surface area contributed by atoms with E-state index in [0.717, 1.165) is 7.44 Å². The van der Waals surface area contributed by atoms with E-state index in [2.05, 4.69) is 21.6 Å². The van der Waals surface area contributed by atoms with Crippen molar-refractivity contribution in [1.29, 1.82) is 0 Å². The van der Waals surface area contributed by atoms with E-state index >= 15 is 0 Å². The zero-order chi connectivity index (χ0) is 15.7. The molecule has 2 atom stereocenters. The minimum atomic E-state index is -1.94. The summed E-state index contributed by atoms with van der Waals surface area (Å²) in [5.74, 6) is 0. The van der Waals surface area contributed by atoms with Gasteiger partial charge in [-0.1, -0.05) is 0 Å². The summed E-state index contributed by atoms with van der Waals surface area (Å²) in [5.41, 5.74) is 8.05. The van der Waals surface area contributed by atoms with Crippen molar-refractivity contribution in [3.05, 3.63) is 22.3 Å². The first-order chi connectivity index (χ1) is 11.1. The summed E-state index contributed by atoms with van der Waals surface area (Å²) in [7, 11) is 0. The molecule has 1 heterocycles. The number of allylic oxidation sites excluding steroid dienone is 4. The molecular weight excluding hydrogens is 312 g/mol. The molecule has 5 aliphatic rings. The molecule has 0 nitrogen and oxygen atoms in total. The quantitative estimate of drug-likeness (QED) is 0.312. The molecule has 0 bridgehead atoms. The number of rotatable bonds is 0. The van der Waals surface area contributed by atoms with Gasteiger partial charge in [-0.25, -0.2) is 0 Å². The first kappa shape index (κ1) is 15.4. The average molecular weight is 346 g/mol. The predicted octanol–water partition coefficient (Wildman–Crippen LogP) is 7.68. The monoisotopic (exact) mass is 346 g/mol. The molecule has 1 heteroatoms. The van der Waals surface area contributed by atoms with Crippen molar-refractivity contribution < 1.29 is 16.6 Å². The molecule has 5 rings (SSSR count). The molecule has 1 aliphatic heterocycles. The van der Waals surface area contributed by atoms with Crippen LogP contribution in [0.1, 0.15) is 89.9 Å². The molecule has 0 aromatic rings. The molecule has 1 fully saturated rings. The van der Waals surface area contributed by atoms with Gasteiger partial charge in [0, 0.05) is 0 Å². The standard InChI is InChI=1S/C20H28.2CH3.Ti/c1-3-7-19-15(5-1)9-11-17(19)13-14-18-12-10-16-6-2-4-8-20(16)18;;;/h1-14H2;2*1H3;. The van der Waals surface area contributed by atoms with Crippen LogP contribution in [-0.2, 0) is 16.6 Å². The fraction of sp³-hybridized carbons (Fsp3) is 0.818. The Bertz CT molecular complexity index is 555. The third-order valence-corrected chi connectivity index (χ3v) is 19.4. The molecule has 0 radical (unpaired) electrons. The van der Waals surface area contributed by atoms with Gasteiger partial charge in [0.1, 0.15) is 0 Å². The van der Waals surface area contributed by atoms with E-state index in [1.165, 1.54) is 64.2 Å². The first-order valence-corrected chi connectivity index (χ1v) is 15.2. The van der Waals surface area contributed by atoms with Crippen LogP contribution in [0.4, 0.5) is 0 Å². The van der Waals surface area contributed by atoms with E-state index in [-0.39, 0.29) is 0 Å². The second-order valence-corrected chi connectivity index (χ2v) is 17.9. The second kappa shape index (κ2) is 5.10. The third kappa shape index (κ3) is 1.79. The fourth-order valence-electron chi connectivity index (χ4n) is 8.11. The van der Waals surface area contributed by atoms with E-state index in [1.807, 2.05) is 11.1 Å². The van der Waals surface area contributed by atoms with Crippen LogP contribution in [0.2, 0.25) is 17.9 Å². The van der Waals surface area contributed by atoms with Crippen LogP contribution in [0.3, 0.4) is 0 Å². The Balaban J connectivity index is 1.61. The van der Waals surface area contributed by atoms with Crippen LogP contribution in [-0.4, -0.2) is 0 Å². The van der Waals surface area contributed by atoms with Crippen LogP contribution in [0, 0.1) is 0 Å². The van der Waals surface area contributed by atoms with Crippen molar-refractivity contribution in [3.63, 3.8) is 0 Å². The van der Waals surface area contributed by atoms with Gasteiger partial charge in [0.05, 0.1) is 0 Å². The van der Waals surface area contributed by atoms with Crippen LogP contribution in [0.25, 0.3) is 0 Å². The third-order valence-electron chi connectivity index (χ3n) is 9.40. The Labute approximate surface area is 146 Å². The molecule has 23 heavy (non-hydrogen) atoms. The van der Waals surface area contributed by atoms with Gasteiger partial charge in [0.15, 0.2) is 0 Å². The van der Waals surface area contributed by atoms with Gasteiger partial charge in [-0.3, -0.25) is 0 Å². The van der Waals surface area contributed by atoms with Crippen LogP contribution in [0.5, 0.6) is 0 Å². The van der Waals surface area contributed by atoms with Gasteiger partial charge in [-0.2, -0.15) is 0 Å². The van der Waals surface area contributed by atoms with Crippen molar-refractivity contribution in [3.8, 4) is 0 Å². The van der Waals surface area contributed by atoms with Crippen LogP contribution < -0.4 is 0 Å². The summed E-state index contributed by atoms with van der Waals surface area (Å²) >= 11 is -1.94. The van der Waals surface area contributed by atoms with Gasteiger partial charge in [-0.15, -0.1) is 0 Å². The molecule has 0 aromatic heterocycles. The SMILES string of the molecule is [CH3][Ti]1([CH3])[C]2(CCC3=C2CCCC3)CC[C]12CCC1=C2CCCC1. The number of fused-ring (bicyclic) bond motifs is 2. The zero-order valence-corrected chi connectivity index (χ0v) is 17.0. The Morgan fingerprint density at radius 1 is 0.565 bits per heavy atom. The van der Waals surface area contributed by atoms with Crippen LogP contribution in [0.15, 0.2) is 22.3 Å². The van der Waals surface area contributed by atoms with E-state index in [9.17, 15) is 0 Å². The molecule has 4 aliphatic carbocycles. The van der Waals surface area contributed by atoms with Gasteiger partial charge in [0.2, 0.25) is 0 Å². The molecule has 1 saturated heterocycles. The van der Waals surface area contributed by atoms with Gasteiger partial charge >= 0.3 is 147 Å². The summed E-state index contributed by atoms with van der Waals surface area (Å²) in [5, 5.41) is 5.78. The van der Waals surface area contributed by atoms with Crippen LogP contribution >= 0.6 is 0 Å². The fourth-order valence-corrected chi connectivity index (χ4v) is 17.5. The van der Waals surface area contributed by atoms with Gasteiger partial charge in [-0.05, 0) is 0 Å². The maximum absolute atomic E-state index is 2.89. The molecule has 126 valence electrons. The Morgan fingerprint density at radius 2 is 1.00 bits per heavy atom. The van der Waals surface area contributed by atoms with Crippen molar-refractivity contribution in [2.45, 2.75) is 108 Å². The topological polar surface area (TPSA) is 0 Å². The molecule has 0 N–H and O–H groups in total. The van der Waals surface area contributed by atoms with E-state index in [4.69, 9.17) is 0 Å². The Kier molecular flexibility index (Phi) is 3.43. The summed E-state index contributed by atoms with van der Waals surface area (Å²) in [6.45, 7) is 0. The molecule has 0 amide bonds. The van der Waals surface area contributed by atoms with Crippen molar-refractivity contribution in [1.82, 2.24) is 0 Å². The minimum absolute atomic E-state index is 0.773. The molecular formula is C22H34Ti. The normalized spacial score (nSPS) is 42.0. The summed E-state index contributed by atoms with van der Waals surface area (Å²) in [4.78, 5) is 0. The first-order valence-electron chi connectivity index (χ1n) is 10.5. The summed E-state index contributed by atoms with van der Waals surface area (Å²) in [6, 6.07) is 0. The maximum atomic E-state index is 2.89. The van der Waals surface area contributed by atoms with E-state index < -0.39 is 16.6 Å².